The van der Waals surface area contributed by atoms with Gasteiger partial charge in [-0.3, -0.25) is 4.79 Å². The fourth-order valence-corrected chi connectivity index (χ4v) is 4.19. The Morgan fingerprint density at radius 1 is 1.15 bits per heavy atom. The van der Waals surface area contributed by atoms with E-state index in [1.54, 1.807) is 6.33 Å². The van der Waals surface area contributed by atoms with Crippen molar-refractivity contribution in [2.24, 2.45) is 0 Å². The summed E-state index contributed by atoms with van der Waals surface area (Å²) in [6.45, 7) is 0.853. The number of fused-ring (bicyclic) bond motifs is 2. The highest BCUT2D eigenvalue weighted by molar-refractivity contribution is 6.31. The highest BCUT2D eigenvalue weighted by Gasteiger charge is 2.13. The zero-order valence-corrected chi connectivity index (χ0v) is 19.5. The lowest BCUT2D eigenvalue weighted by atomic mass is 10.1. The number of nitrogens with one attached hydrogen (secondary N) is 2. The number of nitrogen functional groups attached to an aromatic ring is 1. The molecule has 0 bridgehead atoms. The summed E-state index contributed by atoms with van der Waals surface area (Å²) in [6.07, 6.45) is 3.11. The van der Waals surface area contributed by atoms with Crippen LogP contribution in [0.4, 0.5) is 11.5 Å². The lowest BCUT2D eigenvalue weighted by Crippen LogP contribution is -2.23. The summed E-state index contributed by atoms with van der Waals surface area (Å²) < 4.78 is 1.90. The van der Waals surface area contributed by atoms with E-state index in [0.717, 1.165) is 27.8 Å². The number of amides is 1. The third-order valence-electron chi connectivity index (χ3n) is 5.69. The average molecular weight is 475 g/mol. The van der Waals surface area contributed by atoms with E-state index in [-0.39, 0.29) is 5.91 Å². The number of aromatic nitrogens is 5. The first-order valence-corrected chi connectivity index (χ1v) is 11.0. The molecule has 0 saturated carbocycles. The van der Waals surface area contributed by atoms with Crippen LogP contribution in [0.25, 0.3) is 22.1 Å². The molecule has 5 rings (SSSR count). The number of anilines is 2. The molecule has 0 aliphatic heterocycles. The Kier molecular flexibility index (Phi) is 5.54. The molecule has 172 valence electrons. The Hall–Kier alpha value is -4.11. The maximum Gasteiger partial charge on any atom is 0.251 e. The third kappa shape index (κ3) is 4.13. The van der Waals surface area contributed by atoms with Crippen LogP contribution in [0.3, 0.4) is 0 Å². The van der Waals surface area contributed by atoms with Crippen molar-refractivity contribution in [1.82, 2.24) is 29.8 Å². The first-order chi connectivity index (χ1) is 16.4. The minimum Gasteiger partial charge on any atom is -0.382 e. The largest absolute Gasteiger partial charge is 0.382 e. The van der Waals surface area contributed by atoms with Crippen LogP contribution in [0.5, 0.6) is 0 Å². The van der Waals surface area contributed by atoms with E-state index in [1.807, 2.05) is 66.0 Å². The fraction of sp³-hybridized carbons (Fsp3) is 0.167. The average Bonchev–Trinajstić information content (AvgIpc) is 3.42. The molecule has 0 fully saturated rings. The topological polar surface area (TPSA) is 118 Å². The van der Waals surface area contributed by atoms with E-state index in [1.165, 1.54) is 6.33 Å². The standard InChI is InChI=1S/C24H23ClN8O/c1-32(2)19-5-3-14(4-6-19)24(34)27-10-18-9-15-7-17(25)8-16(20(15)31-18)11-33-13-30-21-22(26)28-12-29-23(21)33/h3-9,12-13,31H,10-11H2,1-2H3,(H,27,34)(H2,26,28,29). The second-order valence-corrected chi connectivity index (χ2v) is 8.69. The van der Waals surface area contributed by atoms with E-state index < -0.39 is 0 Å². The smallest absolute Gasteiger partial charge is 0.251 e. The summed E-state index contributed by atoms with van der Waals surface area (Å²) in [5, 5.41) is 4.55. The Bertz CT molecular complexity index is 1500. The summed E-state index contributed by atoms with van der Waals surface area (Å²) in [5.41, 5.74) is 11.6. The van der Waals surface area contributed by atoms with Gasteiger partial charge in [0.1, 0.15) is 11.8 Å². The van der Waals surface area contributed by atoms with Gasteiger partial charge >= 0.3 is 0 Å². The lowest BCUT2D eigenvalue weighted by molar-refractivity contribution is 0.0950. The van der Waals surface area contributed by atoms with Crippen molar-refractivity contribution in [2.45, 2.75) is 13.1 Å². The van der Waals surface area contributed by atoms with Crippen LogP contribution in [0, 0.1) is 0 Å². The minimum absolute atomic E-state index is 0.135. The SMILES string of the molecule is CN(C)c1ccc(C(=O)NCc2cc3cc(Cl)cc(Cn4cnc5c(N)ncnc54)c3[nH]2)cc1. The van der Waals surface area contributed by atoms with Crippen molar-refractivity contribution in [3.05, 3.63) is 77.0 Å². The van der Waals surface area contributed by atoms with Gasteiger partial charge in [-0.15, -0.1) is 0 Å². The molecule has 0 radical (unpaired) electrons. The van der Waals surface area contributed by atoms with Crippen LogP contribution in [0.1, 0.15) is 21.6 Å². The predicted molar refractivity (Wildman–Crippen MR) is 134 cm³/mol. The molecule has 9 nitrogen and oxygen atoms in total. The van der Waals surface area contributed by atoms with Gasteiger partial charge in [0.05, 0.1) is 24.9 Å². The number of halogens is 1. The highest BCUT2D eigenvalue weighted by atomic mass is 35.5. The van der Waals surface area contributed by atoms with E-state index >= 15 is 0 Å². The number of nitrogens with zero attached hydrogens (tertiary/aromatic N) is 5. The summed E-state index contributed by atoms with van der Waals surface area (Å²) in [4.78, 5) is 30.7. The fourth-order valence-electron chi connectivity index (χ4n) is 3.94. The van der Waals surface area contributed by atoms with Crippen molar-refractivity contribution in [1.29, 1.82) is 0 Å². The molecule has 0 saturated heterocycles. The second kappa shape index (κ2) is 8.68. The number of imidazole rings is 1. The van der Waals surface area contributed by atoms with Gasteiger partial charge in [0.2, 0.25) is 0 Å². The Balaban J connectivity index is 1.37. The van der Waals surface area contributed by atoms with Crippen LogP contribution in [0.2, 0.25) is 5.02 Å². The number of hydrogen-bond acceptors (Lipinski definition) is 6. The van der Waals surface area contributed by atoms with Crippen molar-refractivity contribution < 1.29 is 4.79 Å². The van der Waals surface area contributed by atoms with Gasteiger partial charge in [-0.2, -0.15) is 0 Å². The number of carbonyl (C=O) groups excluding carboxylic acids is 1. The van der Waals surface area contributed by atoms with Crippen LogP contribution >= 0.6 is 11.6 Å². The predicted octanol–water partition coefficient (Wildman–Crippen LogP) is 3.59. The Morgan fingerprint density at radius 3 is 2.71 bits per heavy atom. The number of carbonyl (C=O) groups is 1. The van der Waals surface area contributed by atoms with Gasteiger partial charge in [-0.05, 0) is 48.0 Å². The summed E-state index contributed by atoms with van der Waals surface area (Å²) in [7, 11) is 3.92. The lowest BCUT2D eigenvalue weighted by Gasteiger charge is -2.12. The number of nitrogens with two attached hydrogens (primary N) is 1. The van der Waals surface area contributed by atoms with Gasteiger partial charge in [-0.1, -0.05) is 11.6 Å². The molecule has 2 aromatic carbocycles. The third-order valence-corrected chi connectivity index (χ3v) is 5.90. The van der Waals surface area contributed by atoms with Gasteiger partial charge in [0.25, 0.3) is 5.91 Å². The van der Waals surface area contributed by atoms with Crippen LogP contribution in [-0.2, 0) is 13.1 Å². The first-order valence-electron chi connectivity index (χ1n) is 10.7. The van der Waals surface area contributed by atoms with Gasteiger partial charge in [0.15, 0.2) is 11.5 Å². The molecule has 0 spiro atoms. The summed E-state index contributed by atoms with van der Waals surface area (Å²) in [5.74, 6) is 0.207. The molecule has 3 aromatic heterocycles. The molecule has 0 aliphatic carbocycles. The van der Waals surface area contributed by atoms with E-state index in [4.69, 9.17) is 17.3 Å². The minimum atomic E-state index is -0.135. The van der Waals surface area contributed by atoms with Gasteiger partial charge in [-0.25, -0.2) is 15.0 Å². The van der Waals surface area contributed by atoms with Crippen LogP contribution in [-0.4, -0.2) is 44.5 Å². The normalized spacial score (nSPS) is 11.3. The monoisotopic (exact) mass is 474 g/mol. The number of hydrogen-bond donors (Lipinski definition) is 3. The Labute approximate surface area is 200 Å². The van der Waals surface area contributed by atoms with Crippen molar-refractivity contribution in [2.75, 3.05) is 24.7 Å². The van der Waals surface area contributed by atoms with Crippen molar-refractivity contribution in [3.8, 4) is 0 Å². The molecular weight excluding hydrogens is 452 g/mol. The maximum atomic E-state index is 12.6. The molecular formula is C24H23ClN8O. The quantitative estimate of drug-likeness (QED) is 0.346. The molecule has 4 N–H and O–H groups in total. The van der Waals surface area contributed by atoms with Crippen LogP contribution in [0.15, 0.2) is 55.1 Å². The van der Waals surface area contributed by atoms with Crippen molar-refractivity contribution in [3.63, 3.8) is 0 Å². The van der Waals surface area contributed by atoms with Crippen molar-refractivity contribution >= 4 is 51.1 Å². The number of H-pyrrole nitrogens is 1. The zero-order chi connectivity index (χ0) is 23.8. The molecule has 0 unspecified atom stereocenters. The maximum absolute atomic E-state index is 12.6. The van der Waals surface area contributed by atoms with E-state index in [0.29, 0.717) is 40.7 Å². The van der Waals surface area contributed by atoms with Gasteiger partial charge in [0, 0.05) is 41.4 Å². The summed E-state index contributed by atoms with van der Waals surface area (Å²) >= 11 is 6.40. The molecule has 5 aromatic rings. The number of rotatable bonds is 6. The van der Waals surface area contributed by atoms with Crippen LogP contribution < -0.4 is 16.0 Å². The molecule has 3 heterocycles. The molecule has 34 heavy (non-hydrogen) atoms. The first kappa shape index (κ1) is 21.7. The van der Waals surface area contributed by atoms with E-state index in [2.05, 4.69) is 25.3 Å². The van der Waals surface area contributed by atoms with E-state index in [9.17, 15) is 4.79 Å². The van der Waals surface area contributed by atoms with Gasteiger partial charge < -0.3 is 25.5 Å². The highest BCUT2D eigenvalue weighted by Crippen LogP contribution is 2.26. The zero-order valence-electron chi connectivity index (χ0n) is 18.7. The molecule has 10 heteroatoms. The Morgan fingerprint density at radius 2 is 1.94 bits per heavy atom. The molecule has 0 atom stereocenters. The molecule has 0 aliphatic rings. The number of aromatic amines is 1. The number of benzene rings is 2. The molecule has 1 amide bonds. The second-order valence-electron chi connectivity index (χ2n) is 8.25. The summed E-state index contributed by atoms with van der Waals surface area (Å²) in [6, 6.07) is 13.3.